The Morgan fingerprint density at radius 3 is 1.76 bits per heavy atom. The van der Waals surface area contributed by atoms with Crippen LogP contribution in [0.1, 0.15) is 103 Å². The van der Waals surface area contributed by atoms with Crippen LogP contribution in [0.3, 0.4) is 0 Å². The molecule has 5 N–H and O–H groups in total. The van der Waals surface area contributed by atoms with Gasteiger partial charge in [-0.15, -0.1) is 0 Å². The van der Waals surface area contributed by atoms with Gasteiger partial charge in [0.2, 0.25) is 11.4 Å². The molecule has 0 amide bonds. The lowest BCUT2D eigenvalue weighted by Crippen LogP contribution is -2.48. The second kappa shape index (κ2) is 17.1. The molecule has 0 spiro atoms. The summed E-state index contributed by atoms with van der Waals surface area (Å²) in [6.07, 6.45) is 14.1. The second-order valence-corrected chi connectivity index (χ2v) is 9.15. The Morgan fingerprint density at radius 2 is 1.30 bits per heavy atom. The first-order chi connectivity index (χ1) is 15.9. The van der Waals surface area contributed by atoms with E-state index in [9.17, 15) is 25.2 Å². The monoisotopic (exact) mass is 474 g/mol. The third-order valence-electron chi connectivity index (χ3n) is 6.31. The van der Waals surface area contributed by atoms with Crippen LogP contribution in [-0.4, -0.2) is 69.1 Å². The number of cyclic esters (lactones) is 1. The molecule has 0 bridgehead atoms. The SMILES string of the molecule is CCCCCCCCCCCCCCCC[C@]1([C@@H](O)CO)OC(=O)C(O)=C1OCC(O)CO. The van der Waals surface area contributed by atoms with Gasteiger partial charge in [-0.2, -0.15) is 0 Å². The molecular formula is C25H46O8. The van der Waals surface area contributed by atoms with E-state index in [2.05, 4.69) is 6.92 Å². The maximum Gasteiger partial charge on any atom is 0.378 e. The molecule has 33 heavy (non-hydrogen) atoms. The quantitative estimate of drug-likeness (QED) is 0.126. The van der Waals surface area contributed by atoms with Gasteiger partial charge < -0.3 is 35.0 Å². The van der Waals surface area contributed by atoms with E-state index in [1.54, 1.807) is 0 Å². The zero-order valence-electron chi connectivity index (χ0n) is 20.3. The highest BCUT2D eigenvalue weighted by Gasteiger charge is 2.54. The normalized spacial score (nSPS) is 20.2. The van der Waals surface area contributed by atoms with Crippen molar-refractivity contribution in [1.82, 2.24) is 0 Å². The number of carbonyl (C=O) groups is 1. The molecule has 0 aliphatic carbocycles. The van der Waals surface area contributed by atoms with Crippen LogP contribution >= 0.6 is 0 Å². The minimum Gasteiger partial charge on any atom is -0.499 e. The van der Waals surface area contributed by atoms with Crippen molar-refractivity contribution >= 4 is 5.97 Å². The van der Waals surface area contributed by atoms with Crippen LogP contribution < -0.4 is 0 Å². The highest BCUT2D eigenvalue weighted by atomic mass is 16.6. The summed E-state index contributed by atoms with van der Waals surface area (Å²) in [7, 11) is 0. The molecule has 1 unspecified atom stereocenters. The Bertz CT molecular complexity index is 565. The summed E-state index contributed by atoms with van der Waals surface area (Å²) in [4.78, 5) is 12.0. The third kappa shape index (κ3) is 10.2. The molecule has 0 radical (unpaired) electrons. The van der Waals surface area contributed by atoms with Crippen LogP contribution in [0.25, 0.3) is 0 Å². The lowest BCUT2D eigenvalue weighted by molar-refractivity contribution is -0.167. The largest absolute Gasteiger partial charge is 0.499 e. The van der Waals surface area contributed by atoms with Crippen molar-refractivity contribution in [3.63, 3.8) is 0 Å². The average Bonchev–Trinajstić information content (AvgIpc) is 3.06. The number of esters is 1. The molecule has 8 nitrogen and oxygen atoms in total. The van der Waals surface area contributed by atoms with Crippen LogP contribution in [0.5, 0.6) is 0 Å². The van der Waals surface area contributed by atoms with Gasteiger partial charge in [-0.05, 0) is 12.8 Å². The Kier molecular flexibility index (Phi) is 15.4. The minimum atomic E-state index is -1.69. The highest BCUT2D eigenvalue weighted by molar-refractivity contribution is 5.90. The van der Waals surface area contributed by atoms with Crippen molar-refractivity contribution in [3.05, 3.63) is 11.5 Å². The molecule has 1 heterocycles. The molecule has 0 saturated heterocycles. The first-order valence-electron chi connectivity index (χ1n) is 12.8. The van der Waals surface area contributed by atoms with Crippen LogP contribution in [0, 0.1) is 0 Å². The molecule has 0 aromatic carbocycles. The summed E-state index contributed by atoms with van der Waals surface area (Å²) >= 11 is 0. The Labute approximate surface area is 198 Å². The predicted molar refractivity (Wildman–Crippen MR) is 126 cm³/mol. The Balaban J connectivity index is 2.34. The van der Waals surface area contributed by atoms with Crippen LogP contribution in [0.4, 0.5) is 0 Å². The van der Waals surface area contributed by atoms with Gasteiger partial charge >= 0.3 is 5.97 Å². The number of hydrogen-bond donors (Lipinski definition) is 5. The van der Waals surface area contributed by atoms with Gasteiger partial charge in [-0.3, -0.25) is 0 Å². The Morgan fingerprint density at radius 1 is 0.818 bits per heavy atom. The molecule has 1 rings (SSSR count). The summed E-state index contributed by atoms with van der Waals surface area (Å²) in [5.41, 5.74) is -1.69. The summed E-state index contributed by atoms with van der Waals surface area (Å²) in [5.74, 6) is -2.12. The molecule has 0 aromatic rings. The number of rotatable bonds is 21. The first-order valence-corrected chi connectivity index (χ1v) is 12.8. The lowest BCUT2D eigenvalue weighted by atomic mass is 9.88. The molecule has 0 fully saturated rings. The smallest absolute Gasteiger partial charge is 0.378 e. The summed E-state index contributed by atoms with van der Waals surface area (Å²) < 4.78 is 10.6. The maximum absolute atomic E-state index is 12.0. The molecule has 8 heteroatoms. The van der Waals surface area contributed by atoms with E-state index >= 15 is 0 Å². The Hall–Kier alpha value is -1.35. The van der Waals surface area contributed by atoms with Crippen molar-refractivity contribution < 1.29 is 39.8 Å². The number of aliphatic hydroxyl groups is 5. The molecule has 1 aliphatic heterocycles. The van der Waals surface area contributed by atoms with Crippen molar-refractivity contribution in [2.45, 2.75) is 121 Å². The number of hydrogen-bond acceptors (Lipinski definition) is 8. The summed E-state index contributed by atoms with van der Waals surface area (Å²) in [6.45, 7) is 0.609. The van der Waals surface area contributed by atoms with E-state index in [-0.39, 0.29) is 18.8 Å². The molecular weight excluding hydrogens is 428 g/mol. The van der Waals surface area contributed by atoms with Gasteiger partial charge in [0.15, 0.2) is 5.76 Å². The maximum atomic E-state index is 12.0. The molecule has 0 saturated carbocycles. The third-order valence-corrected chi connectivity index (χ3v) is 6.31. The van der Waals surface area contributed by atoms with E-state index in [1.807, 2.05) is 0 Å². The van der Waals surface area contributed by atoms with Gasteiger partial charge in [0.1, 0.15) is 18.8 Å². The molecule has 194 valence electrons. The lowest BCUT2D eigenvalue weighted by Gasteiger charge is -2.33. The van der Waals surface area contributed by atoms with Crippen molar-refractivity contribution in [1.29, 1.82) is 0 Å². The second-order valence-electron chi connectivity index (χ2n) is 9.15. The van der Waals surface area contributed by atoms with Crippen molar-refractivity contribution in [2.24, 2.45) is 0 Å². The molecule has 3 atom stereocenters. The van der Waals surface area contributed by atoms with Crippen molar-refractivity contribution in [3.8, 4) is 0 Å². The van der Waals surface area contributed by atoms with Gasteiger partial charge in [0, 0.05) is 0 Å². The first kappa shape index (κ1) is 29.7. The zero-order valence-corrected chi connectivity index (χ0v) is 20.3. The van der Waals surface area contributed by atoms with E-state index in [0.29, 0.717) is 6.42 Å². The van der Waals surface area contributed by atoms with Crippen LogP contribution in [0.15, 0.2) is 11.5 Å². The van der Waals surface area contributed by atoms with Gasteiger partial charge in [0.25, 0.3) is 0 Å². The topological polar surface area (TPSA) is 137 Å². The van der Waals surface area contributed by atoms with Crippen LogP contribution in [-0.2, 0) is 14.3 Å². The van der Waals surface area contributed by atoms with Crippen molar-refractivity contribution in [2.75, 3.05) is 19.8 Å². The highest BCUT2D eigenvalue weighted by Crippen LogP contribution is 2.40. The minimum absolute atomic E-state index is 0.174. The van der Waals surface area contributed by atoms with Gasteiger partial charge in [-0.1, -0.05) is 90.4 Å². The number of carbonyl (C=O) groups excluding carboxylic acids is 1. The summed E-state index contributed by atoms with van der Waals surface area (Å²) in [6, 6.07) is 0. The van der Waals surface area contributed by atoms with E-state index < -0.39 is 42.8 Å². The standard InChI is InChI=1S/C25H46O8/c1-2-3-4-5-6-7-8-9-10-11-12-13-14-15-16-25(21(29)18-27)23(22(30)24(31)33-25)32-19-20(28)17-26/h20-21,26-30H,2-19H2,1H3/t20?,21-,25+/m0/s1. The fourth-order valence-corrected chi connectivity index (χ4v) is 4.26. The van der Waals surface area contributed by atoms with E-state index in [1.165, 1.54) is 64.2 Å². The van der Waals surface area contributed by atoms with Gasteiger partial charge in [-0.25, -0.2) is 4.79 Å². The fourth-order valence-electron chi connectivity index (χ4n) is 4.26. The van der Waals surface area contributed by atoms with E-state index in [0.717, 1.165) is 19.3 Å². The molecule has 1 aliphatic rings. The predicted octanol–water partition coefficient (Wildman–Crippen LogP) is 3.65. The van der Waals surface area contributed by atoms with Gasteiger partial charge in [0.05, 0.1) is 13.2 Å². The van der Waals surface area contributed by atoms with E-state index in [4.69, 9.17) is 14.6 Å². The van der Waals surface area contributed by atoms with Crippen LogP contribution in [0.2, 0.25) is 0 Å². The number of ether oxygens (including phenoxy) is 2. The fraction of sp³-hybridized carbons (Fsp3) is 0.880. The number of unbranched alkanes of at least 4 members (excludes halogenated alkanes) is 13. The zero-order chi connectivity index (χ0) is 24.5. The average molecular weight is 475 g/mol. The summed E-state index contributed by atoms with van der Waals surface area (Å²) in [5, 5.41) is 48.4. The molecule has 0 aromatic heterocycles. The number of aliphatic hydroxyl groups excluding tert-OH is 5.